The summed E-state index contributed by atoms with van der Waals surface area (Å²) in [6, 6.07) is 22.1. The van der Waals surface area contributed by atoms with Gasteiger partial charge in [-0.15, -0.1) is 0 Å². The minimum atomic E-state index is -0.217. The molecule has 9 nitrogen and oxygen atoms in total. The zero-order chi connectivity index (χ0) is 33.3. The Balaban J connectivity index is 0.887. The Bertz CT molecular complexity index is 1970. The number of amides is 1. The minimum Gasteiger partial charge on any atom is -0.397 e. The topological polar surface area (TPSA) is 117 Å². The van der Waals surface area contributed by atoms with E-state index in [-0.39, 0.29) is 23.8 Å². The van der Waals surface area contributed by atoms with Gasteiger partial charge in [-0.05, 0) is 87.0 Å². The summed E-state index contributed by atoms with van der Waals surface area (Å²) in [5.41, 5.74) is 13.7. The molecular formula is C40H42N6O3. The van der Waals surface area contributed by atoms with E-state index in [0.717, 1.165) is 90.8 Å². The van der Waals surface area contributed by atoms with Gasteiger partial charge in [0.25, 0.3) is 0 Å². The molecule has 0 spiro atoms. The third-order valence-corrected chi connectivity index (χ3v) is 10.4. The molecule has 1 aromatic heterocycles. The van der Waals surface area contributed by atoms with Crippen LogP contribution in [0.5, 0.6) is 0 Å². The van der Waals surface area contributed by atoms with Gasteiger partial charge in [-0.2, -0.15) is 0 Å². The van der Waals surface area contributed by atoms with Crippen molar-refractivity contribution in [3.63, 3.8) is 0 Å². The number of nitrogens with one attached hydrogen (secondary N) is 2. The minimum absolute atomic E-state index is 0.0482. The number of Topliss-reactive ketones (excluding diaryl/α,β-unsaturated/α-hetero) is 1. The van der Waals surface area contributed by atoms with Crippen LogP contribution >= 0.6 is 0 Å². The second-order valence-electron chi connectivity index (χ2n) is 13.7. The first-order valence-electron chi connectivity index (χ1n) is 17.6. The molecule has 4 heterocycles. The number of imidazole rings is 1. The van der Waals surface area contributed by atoms with Gasteiger partial charge in [0.15, 0.2) is 5.78 Å². The number of carbonyl (C=O) groups is 2. The van der Waals surface area contributed by atoms with Crippen molar-refractivity contribution in [2.24, 2.45) is 5.92 Å². The van der Waals surface area contributed by atoms with Crippen LogP contribution in [0.3, 0.4) is 0 Å². The van der Waals surface area contributed by atoms with Gasteiger partial charge in [0.2, 0.25) is 5.91 Å². The van der Waals surface area contributed by atoms with Crippen LogP contribution in [0.1, 0.15) is 67.1 Å². The van der Waals surface area contributed by atoms with Crippen LogP contribution in [-0.4, -0.2) is 69.8 Å². The Morgan fingerprint density at radius 2 is 1.78 bits per heavy atom. The molecule has 3 aromatic carbocycles. The lowest BCUT2D eigenvalue weighted by Gasteiger charge is -2.25. The lowest BCUT2D eigenvalue weighted by molar-refractivity contribution is -0.131. The number of hydrogen-bond acceptors (Lipinski definition) is 7. The fourth-order valence-corrected chi connectivity index (χ4v) is 7.72. The number of rotatable bonds is 9. The summed E-state index contributed by atoms with van der Waals surface area (Å²) in [7, 11) is 0. The first-order chi connectivity index (χ1) is 24.0. The van der Waals surface area contributed by atoms with Crippen LogP contribution < -0.4 is 11.1 Å². The van der Waals surface area contributed by atoms with Gasteiger partial charge in [0.1, 0.15) is 11.9 Å². The summed E-state index contributed by atoms with van der Waals surface area (Å²) in [6.45, 7) is 2.89. The lowest BCUT2D eigenvalue weighted by Crippen LogP contribution is -2.40. The van der Waals surface area contributed by atoms with Gasteiger partial charge < -0.3 is 25.7 Å². The Hall–Kier alpha value is -4.91. The molecule has 1 aliphatic carbocycles. The van der Waals surface area contributed by atoms with E-state index >= 15 is 0 Å². The Labute approximate surface area is 286 Å². The average molecular weight is 655 g/mol. The summed E-state index contributed by atoms with van der Waals surface area (Å²) < 4.78 is 5.62. The van der Waals surface area contributed by atoms with Crippen molar-refractivity contribution in [2.75, 3.05) is 37.3 Å². The molecule has 3 fully saturated rings. The summed E-state index contributed by atoms with van der Waals surface area (Å²) in [4.78, 5) is 38.5. The van der Waals surface area contributed by atoms with Crippen LogP contribution in [0.2, 0.25) is 0 Å². The Kier molecular flexibility index (Phi) is 8.67. The number of ether oxygens (including phenoxy) is 1. The van der Waals surface area contributed by atoms with Gasteiger partial charge in [0.05, 0.1) is 41.4 Å². The molecular weight excluding hydrogens is 612 g/mol. The molecule has 8 rings (SSSR count). The zero-order valence-electron chi connectivity index (χ0n) is 27.7. The third kappa shape index (κ3) is 6.85. The molecule has 4 aromatic rings. The first-order valence-corrected chi connectivity index (χ1v) is 17.6. The number of anilines is 2. The quantitative estimate of drug-likeness (QED) is 0.159. The number of nitrogen functional groups attached to an aromatic ring is 1. The lowest BCUT2D eigenvalue weighted by atomic mass is 10.1. The van der Waals surface area contributed by atoms with Crippen molar-refractivity contribution >= 4 is 34.1 Å². The van der Waals surface area contributed by atoms with Crippen molar-refractivity contribution in [3.05, 3.63) is 101 Å². The monoisotopic (exact) mass is 654 g/mol. The van der Waals surface area contributed by atoms with E-state index in [0.29, 0.717) is 37.2 Å². The molecule has 4 aliphatic rings. The number of nitrogens with two attached hydrogens (primary N) is 1. The second kappa shape index (κ2) is 13.5. The fraction of sp³-hybridized carbons (Fsp3) is 0.375. The molecule has 250 valence electrons. The Morgan fingerprint density at radius 1 is 0.959 bits per heavy atom. The second-order valence-corrected chi connectivity index (χ2v) is 13.7. The number of aromatic nitrogens is 2. The number of benzene rings is 3. The molecule has 0 saturated carbocycles. The SMILES string of the molecule is Nc1cc(C#Cc2ccc3nc([C@@H]4CCCN4C(=O)Cc4ccccc4)[nH]c3c2)ccc1NC1=CC1[C@@H]1CCCN1CC(=O)[C@H]1CCCO1. The van der Waals surface area contributed by atoms with Crippen LogP contribution in [0, 0.1) is 17.8 Å². The van der Waals surface area contributed by atoms with E-state index in [4.69, 9.17) is 15.5 Å². The van der Waals surface area contributed by atoms with Crippen LogP contribution in [0.4, 0.5) is 11.4 Å². The number of nitrogens with zero attached hydrogens (tertiary/aromatic N) is 3. The van der Waals surface area contributed by atoms with E-state index in [2.05, 4.69) is 33.1 Å². The van der Waals surface area contributed by atoms with E-state index in [1.54, 1.807) is 0 Å². The van der Waals surface area contributed by atoms with Gasteiger partial charge in [-0.25, -0.2) is 4.98 Å². The van der Waals surface area contributed by atoms with Crippen molar-refractivity contribution in [1.29, 1.82) is 0 Å². The van der Waals surface area contributed by atoms with Gasteiger partial charge in [0, 0.05) is 41.9 Å². The highest BCUT2D eigenvalue weighted by molar-refractivity contribution is 5.85. The predicted molar refractivity (Wildman–Crippen MR) is 191 cm³/mol. The number of ketones is 1. The third-order valence-electron chi connectivity index (χ3n) is 10.4. The normalized spacial score (nSPS) is 23.3. The molecule has 1 unspecified atom stereocenters. The highest BCUT2D eigenvalue weighted by Crippen LogP contribution is 2.41. The zero-order valence-corrected chi connectivity index (χ0v) is 27.7. The number of aromatic amines is 1. The molecule has 49 heavy (non-hydrogen) atoms. The maximum absolute atomic E-state index is 13.2. The first kappa shape index (κ1) is 31.4. The number of hydrogen-bond donors (Lipinski definition) is 3. The van der Waals surface area contributed by atoms with E-state index in [9.17, 15) is 9.59 Å². The molecule has 4 atom stereocenters. The van der Waals surface area contributed by atoms with Gasteiger partial charge >= 0.3 is 0 Å². The number of H-pyrrole nitrogens is 1. The Morgan fingerprint density at radius 3 is 2.59 bits per heavy atom. The van der Waals surface area contributed by atoms with Crippen molar-refractivity contribution in [1.82, 2.24) is 19.8 Å². The van der Waals surface area contributed by atoms with E-state index in [1.165, 1.54) is 5.70 Å². The molecule has 1 amide bonds. The van der Waals surface area contributed by atoms with Crippen molar-refractivity contribution < 1.29 is 14.3 Å². The molecule has 3 aliphatic heterocycles. The molecule has 3 saturated heterocycles. The highest BCUT2D eigenvalue weighted by Gasteiger charge is 2.41. The molecule has 9 heteroatoms. The summed E-state index contributed by atoms with van der Waals surface area (Å²) in [5.74, 6) is 8.05. The number of carbonyl (C=O) groups excluding carboxylic acids is 2. The summed E-state index contributed by atoms with van der Waals surface area (Å²) >= 11 is 0. The van der Waals surface area contributed by atoms with Gasteiger partial charge in [-0.1, -0.05) is 48.2 Å². The van der Waals surface area contributed by atoms with Crippen LogP contribution in [0.25, 0.3) is 11.0 Å². The summed E-state index contributed by atoms with van der Waals surface area (Å²) in [5, 5.41) is 3.52. The number of likely N-dealkylation sites (tertiary alicyclic amines) is 2. The standard InChI is InChI=1S/C40H42N6O3/c41-30-21-27(14-16-31(30)42-33-24-29(33)35-9-4-18-45(35)25-37(47)38-11-6-20-49-38)12-13-28-15-17-32-34(22-28)44-40(43-32)36-10-5-19-46(36)39(48)23-26-7-2-1-3-8-26/h1-3,7-8,14-17,21-22,24,29,35-36,38,42H,4-6,9-11,18-20,23,25,41H2,(H,43,44)/t29?,35-,36-,38+/m0/s1. The van der Waals surface area contributed by atoms with Crippen LogP contribution in [0.15, 0.2) is 78.5 Å². The van der Waals surface area contributed by atoms with Crippen LogP contribution in [-0.2, 0) is 20.7 Å². The van der Waals surface area contributed by atoms with Crippen molar-refractivity contribution in [2.45, 2.75) is 63.1 Å². The smallest absolute Gasteiger partial charge is 0.227 e. The molecule has 0 bridgehead atoms. The molecule has 4 N–H and O–H groups in total. The molecule has 0 radical (unpaired) electrons. The highest BCUT2D eigenvalue weighted by atomic mass is 16.5. The van der Waals surface area contributed by atoms with E-state index in [1.807, 2.05) is 71.6 Å². The maximum Gasteiger partial charge on any atom is 0.227 e. The fourth-order valence-electron chi connectivity index (χ4n) is 7.72. The average Bonchev–Trinajstić information content (AvgIpc) is 3.69. The number of fused-ring (bicyclic) bond motifs is 1. The largest absolute Gasteiger partial charge is 0.397 e. The van der Waals surface area contributed by atoms with Gasteiger partial charge in [-0.3, -0.25) is 14.5 Å². The maximum atomic E-state index is 13.2. The predicted octanol–water partition coefficient (Wildman–Crippen LogP) is 5.59. The van der Waals surface area contributed by atoms with Crippen molar-refractivity contribution in [3.8, 4) is 11.8 Å². The summed E-state index contributed by atoms with van der Waals surface area (Å²) in [6.07, 6.45) is 8.32. The van der Waals surface area contributed by atoms with E-state index < -0.39 is 0 Å².